The lowest BCUT2D eigenvalue weighted by Crippen LogP contribution is -2.67. The molecule has 6 nitrogen and oxygen atoms in total. The first kappa shape index (κ1) is 35.0. The number of rotatable bonds is 7. The van der Waals surface area contributed by atoms with E-state index in [2.05, 4.69) is 58.2 Å². The van der Waals surface area contributed by atoms with Crippen molar-refractivity contribution in [1.82, 2.24) is 4.90 Å². The van der Waals surface area contributed by atoms with Gasteiger partial charge in [-0.2, -0.15) is 0 Å². The number of aryl methyl sites for hydroxylation is 1. The Hall–Kier alpha value is -2.74. The molecular formula is C45H58N2O4S. The number of aliphatic hydroxyl groups is 2. The number of nitrogens with one attached hydrogen (secondary N) is 1. The predicted molar refractivity (Wildman–Crippen MR) is 207 cm³/mol. The number of carbonyl (C=O) groups is 2. The topological polar surface area (TPSA) is 89.9 Å². The molecule has 2 amide bonds. The van der Waals surface area contributed by atoms with E-state index in [9.17, 15) is 19.8 Å². The van der Waals surface area contributed by atoms with Crippen LogP contribution in [0.15, 0.2) is 66.3 Å². The third-order valence-corrected chi connectivity index (χ3v) is 18.1. The number of nitrogens with zero attached hydrogens (tertiary/aromatic N) is 1. The number of anilines is 1. The van der Waals surface area contributed by atoms with E-state index in [-0.39, 0.29) is 40.6 Å². The van der Waals surface area contributed by atoms with Crippen molar-refractivity contribution < 1.29 is 19.8 Å². The Bertz CT molecular complexity index is 1850. The SMILES string of the molecule is Cc1ccc(C(=O)C2=CC34C=CC25C(CCC2(C)C5CCC2(O)CN(CC2CCC5CC2C5(C)C)C(=O)Nc2ccccc2)C3(C)CCC(O)C4)s1. The number of Topliss-reactive ketones (excluding diaryl/α,β-unsaturated/α-hetero) is 1. The van der Waals surface area contributed by atoms with Crippen LogP contribution in [0.5, 0.6) is 0 Å². The van der Waals surface area contributed by atoms with Gasteiger partial charge in [-0.1, -0.05) is 64.1 Å². The van der Waals surface area contributed by atoms with Gasteiger partial charge in [-0.25, -0.2) is 4.79 Å². The van der Waals surface area contributed by atoms with Gasteiger partial charge in [-0.3, -0.25) is 4.79 Å². The highest BCUT2D eigenvalue weighted by Gasteiger charge is 2.74. The number of hydrogen-bond acceptors (Lipinski definition) is 5. The Morgan fingerprint density at radius 1 is 0.904 bits per heavy atom. The molecule has 9 aliphatic rings. The molecule has 1 heterocycles. The summed E-state index contributed by atoms with van der Waals surface area (Å²) in [7, 11) is 0. The van der Waals surface area contributed by atoms with E-state index in [1.807, 2.05) is 47.4 Å². The van der Waals surface area contributed by atoms with Gasteiger partial charge in [-0.05, 0) is 136 Å². The monoisotopic (exact) mass is 722 g/mol. The van der Waals surface area contributed by atoms with E-state index in [1.165, 1.54) is 12.8 Å². The maximum atomic E-state index is 14.8. The Labute approximate surface area is 314 Å². The number of amides is 2. The second-order valence-corrected chi connectivity index (χ2v) is 20.7. The van der Waals surface area contributed by atoms with E-state index < -0.39 is 16.4 Å². The zero-order chi connectivity index (χ0) is 36.5. The first-order chi connectivity index (χ1) is 24.7. The summed E-state index contributed by atoms with van der Waals surface area (Å²) < 4.78 is 0. The minimum Gasteiger partial charge on any atom is -0.393 e. The summed E-state index contributed by atoms with van der Waals surface area (Å²) in [4.78, 5) is 33.1. The van der Waals surface area contributed by atoms with Crippen LogP contribution in [0.25, 0.3) is 0 Å². The molecule has 11 atom stereocenters. The number of urea groups is 1. The van der Waals surface area contributed by atoms with Gasteiger partial charge in [0, 0.05) is 38.9 Å². The highest BCUT2D eigenvalue weighted by molar-refractivity contribution is 7.14. The normalized spacial score (nSPS) is 43.4. The van der Waals surface area contributed by atoms with E-state index in [4.69, 9.17) is 0 Å². The van der Waals surface area contributed by atoms with Gasteiger partial charge < -0.3 is 20.4 Å². The molecule has 0 radical (unpaired) electrons. The van der Waals surface area contributed by atoms with Crippen LogP contribution in [0.3, 0.4) is 0 Å². The highest BCUT2D eigenvalue weighted by atomic mass is 32.1. The molecule has 6 saturated carbocycles. The Kier molecular flexibility index (Phi) is 7.83. The lowest BCUT2D eigenvalue weighted by atomic mass is 9.32. The quantitative estimate of drug-likeness (QED) is 0.196. The van der Waals surface area contributed by atoms with Crippen LogP contribution in [0.4, 0.5) is 10.5 Å². The third-order valence-electron chi connectivity index (χ3n) is 17.1. The Morgan fingerprint density at radius 3 is 2.35 bits per heavy atom. The van der Waals surface area contributed by atoms with E-state index in [0.717, 1.165) is 65.5 Å². The zero-order valence-corrected chi connectivity index (χ0v) is 32.6. The number of carbonyl (C=O) groups excluding carboxylic acids is 2. The van der Waals surface area contributed by atoms with Crippen LogP contribution in [0, 0.1) is 63.6 Å². The highest BCUT2D eigenvalue weighted by Crippen LogP contribution is 2.78. The molecule has 1 aromatic carbocycles. The largest absolute Gasteiger partial charge is 0.393 e. The average molecular weight is 723 g/mol. The molecule has 9 aliphatic carbocycles. The van der Waals surface area contributed by atoms with E-state index >= 15 is 0 Å². The zero-order valence-electron chi connectivity index (χ0n) is 31.8. The number of hydrogen-bond donors (Lipinski definition) is 3. The number of ketones is 1. The van der Waals surface area contributed by atoms with Crippen molar-refractivity contribution in [1.29, 1.82) is 0 Å². The van der Waals surface area contributed by atoms with Crippen molar-refractivity contribution in [3.05, 3.63) is 76.0 Å². The fourth-order valence-corrected chi connectivity index (χ4v) is 14.8. The van der Waals surface area contributed by atoms with Crippen LogP contribution in [-0.2, 0) is 0 Å². The summed E-state index contributed by atoms with van der Waals surface area (Å²) in [5.41, 5.74) is -0.560. The summed E-state index contributed by atoms with van der Waals surface area (Å²) in [5, 5.41) is 27.5. The van der Waals surface area contributed by atoms with Gasteiger partial charge in [-0.15, -0.1) is 11.3 Å². The van der Waals surface area contributed by atoms with Gasteiger partial charge >= 0.3 is 6.03 Å². The lowest BCUT2D eigenvalue weighted by molar-refractivity contribution is -0.176. The van der Waals surface area contributed by atoms with Gasteiger partial charge in [0.2, 0.25) is 0 Å². The standard InChI is InChI=1S/C45H58N2O4S/c1-28-11-14-35(52-28)38(49)34-25-43-21-22-45(34)36(41(43,4)18-15-32(48)24-43)16-19-42(5)37(45)17-20-44(42,51)27-47(39(50)46-31-9-7-6-8-10-31)26-29-12-13-30-23-33(29)40(30,2)3/h6-11,14,21-22,25,29-30,32-33,36-37,48,51H,12-13,15-20,23-24,26-27H2,1-5H3,(H,46,50). The van der Waals surface area contributed by atoms with E-state index in [1.54, 1.807) is 11.3 Å². The molecule has 278 valence electrons. The molecule has 0 saturated heterocycles. The molecule has 3 N–H and O–H groups in total. The molecule has 2 spiro atoms. The second kappa shape index (κ2) is 11.6. The first-order valence-corrected chi connectivity index (χ1v) is 21.0. The molecule has 1 aromatic heterocycles. The molecule has 52 heavy (non-hydrogen) atoms. The fourth-order valence-electron chi connectivity index (χ4n) is 14.0. The second-order valence-electron chi connectivity index (χ2n) is 19.4. The van der Waals surface area contributed by atoms with Gasteiger partial charge in [0.15, 0.2) is 5.78 Å². The molecule has 2 aromatic rings. The number of aliphatic hydroxyl groups excluding tert-OH is 1. The summed E-state index contributed by atoms with van der Waals surface area (Å²) in [6.07, 6.45) is 15.9. The maximum Gasteiger partial charge on any atom is 0.321 e. The number of benzene rings is 1. The van der Waals surface area contributed by atoms with Crippen LogP contribution in [-0.4, -0.2) is 51.7 Å². The summed E-state index contributed by atoms with van der Waals surface area (Å²) in [6.45, 7) is 12.6. The molecule has 4 bridgehead atoms. The predicted octanol–water partition coefficient (Wildman–Crippen LogP) is 9.44. The molecule has 11 unspecified atom stereocenters. The van der Waals surface area contributed by atoms with Crippen molar-refractivity contribution in [3.8, 4) is 0 Å². The number of para-hydroxylation sites is 1. The molecule has 0 aliphatic heterocycles. The van der Waals surface area contributed by atoms with Gasteiger partial charge in [0.25, 0.3) is 0 Å². The Balaban J connectivity index is 1.09. The van der Waals surface area contributed by atoms with Crippen molar-refractivity contribution in [2.24, 2.45) is 56.7 Å². The molecule has 6 fully saturated rings. The van der Waals surface area contributed by atoms with Crippen LogP contribution >= 0.6 is 11.3 Å². The van der Waals surface area contributed by atoms with Crippen molar-refractivity contribution in [3.63, 3.8) is 0 Å². The molecular weight excluding hydrogens is 665 g/mol. The maximum absolute atomic E-state index is 14.8. The first-order valence-electron chi connectivity index (χ1n) is 20.2. The Morgan fingerprint density at radius 2 is 1.63 bits per heavy atom. The summed E-state index contributed by atoms with van der Waals surface area (Å²) >= 11 is 1.57. The van der Waals surface area contributed by atoms with Gasteiger partial charge in [0.05, 0.1) is 23.1 Å². The molecule has 11 rings (SSSR count). The number of thiophene rings is 1. The summed E-state index contributed by atoms with van der Waals surface area (Å²) in [5.74, 6) is 2.22. The lowest BCUT2D eigenvalue weighted by Gasteiger charge is -2.71. The smallest absolute Gasteiger partial charge is 0.321 e. The molecule has 7 heteroatoms. The number of allylic oxidation sites excluding steroid dienone is 4. The van der Waals surface area contributed by atoms with Crippen molar-refractivity contribution in [2.75, 3.05) is 18.4 Å². The minimum atomic E-state index is -1.10. The van der Waals surface area contributed by atoms with Crippen LogP contribution in [0.1, 0.15) is 106 Å². The fraction of sp³-hybridized carbons (Fsp3) is 0.644. The van der Waals surface area contributed by atoms with Crippen LogP contribution in [0.2, 0.25) is 0 Å². The average Bonchev–Trinajstić information content (AvgIpc) is 3.67. The number of fused-ring (bicyclic) bond motifs is 3. The van der Waals surface area contributed by atoms with Gasteiger partial charge in [0.1, 0.15) is 0 Å². The minimum absolute atomic E-state index is 0.0540. The van der Waals surface area contributed by atoms with Crippen molar-refractivity contribution >= 4 is 28.8 Å². The summed E-state index contributed by atoms with van der Waals surface area (Å²) in [6, 6.07) is 13.6. The van der Waals surface area contributed by atoms with Crippen molar-refractivity contribution in [2.45, 2.75) is 111 Å². The van der Waals surface area contributed by atoms with Crippen LogP contribution < -0.4 is 5.32 Å². The van der Waals surface area contributed by atoms with E-state index in [0.29, 0.717) is 43.2 Å². The third kappa shape index (κ3) is 4.66.